The highest BCUT2D eigenvalue weighted by molar-refractivity contribution is 7.99. The van der Waals surface area contributed by atoms with Crippen LogP contribution in [-0.4, -0.2) is 83.1 Å². The van der Waals surface area contributed by atoms with Gasteiger partial charge in [0.2, 0.25) is 12.2 Å². The van der Waals surface area contributed by atoms with E-state index in [-0.39, 0.29) is 23.7 Å². The molecule has 1 aromatic carbocycles. The molecule has 0 radical (unpaired) electrons. The standard InChI is InChI=1S/C28H41N5O5S/c1-20(2)18-24(29-19-34)28(36,26-31-27(38-32-26)39-17-14-33-12-15-37-16-13-33)22-10-6-7-11-23(22)30-25(35)21-8-4-3-5-9-21/h3-5,8-9,19-20,22-24,36H,6-7,10-18H2,1-2H3,(H,29,34)(H,30,35)/t22-,23+,24?,28?/m1/s1. The Hall–Kier alpha value is -2.47. The number of aromatic nitrogens is 2. The number of benzene rings is 1. The van der Waals surface area contributed by atoms with E-state index in [2.05, 4.69) is 25.7 Å². The fourth-order valence-electron chi connectivity index (χ4n) is 5.70. The Labute approximate surface area is 234 Å². The van der Waals surface area contributed by atoms with Crippen LogP contribution in [0.25, 0.3) is 0 Å². The highest BCUT2D eigenvalue weighted by Crippen LogP contribution is 2.43. The number of ether oxygens (including phenoxy) is 1. The second-order valence-corrected chi connectivity index (χ2v) is 11.9. The molecular weight excluding hydrogens is 518 g/mol. The monoisotopic (exact) mass is 559 g/mol. The van der Waals surface area contributed by atoms with Gasteiger partial charge in [0.25, 0.3) is 11.1 Å². The molecular formula is C28H41N5O5S. The quantitative estimate of drug-likeness (QED) is 0.251. The number of nitrogens with zero attached hydrogens (tertiary/aromatic N) is 3. The van der Waals surface area contributed by atoms with Gasteiger partial charge < -0.3 is 25.0 Å². The van der Waals surface area contributed by atoms with Crippen molar-refractivity contribution in [2.75, 3.05) is 38.6 Å². The molecule has 1 aliphatic carbocycles. The lowest BCUT2D eigenvalue weighted by atomic mass is 9.68. The van der Waals surface area contributed by atoms with E-state index in [1.165, 1.54) is 11.8 Å². The second-order valence-electron chi connectivity index (χ2n) is 10.8. The van der Waals surface area contributed by atoms with E-state index in [0.29, 0.717) is 36.5 Å². The molecule has 1 aromatic heterocycles. The predicted octanol–water partition coefficient (Wildman–Crippen LogP) is 2.83. The molecule has 4 atom stereocenters. The van der Waals surface area contributed by atoms with Gasteiger partial charge in [-0.15, -0.1) is 0 Å². The predicted molar refractivity (Wildman–Crippen MR) is 148 cm³/mol. The lowest BCUT2D eigenvalue weighted by Crippen LogP contribution is -2.60. The van der Waals surface area contributed by atoms with Crippen LogP contribution in [0.5, 0.6) is 0 Å². The number of rotatable bonds is 13. The Bertz CT molecular complexity index is 1050. The number of carbonyl (C=O) groups excluding carboxylic acids is 2. The molecule has 0 bridgehead atoms. The largest absolute Gasteiger partial charge is 0.379 e. The molecule has 0 spiro atoms. The molecule has 2 unspecified atom stereocenters. The molecule has 1 saturated heterocycles. The minimum atomic E-state index is -1.63. The Morgan fingerprint density at radius 1 is 1.23 bits per heavy atom. The topological polar surface area (TPSA) is 130 Å². The van der Waals surface area contributed by atoms with Gasteiger partial charge in [-0.3, -0.25) is 14.5 Å². The van der Waals surface area contributed by atoms with Crippen LogP contribution in [0.15, 0.2) is 40.1 Å². The van der Waals surface area contributed by atoms with Crippen LogP contribution in [0.3, 0.4) is 0 Å². The van der Waals surface area contributed by atoms with Crippen molar-refractivity contribution < 1.29 is 24.0 Å². The van der Waals surface area contributed by atoms with Gasteiger partial charge in [-0.1, -0.05) is 61.8 Å². The molecule has 39 heavy (non-hydrogen) atoms. The molecule has 2 fully saturated rings. The van der Waals surface area contributed by atoms with Gasteiger partial charge in [-0.2, -0.15) is 4.98 Å². The molecule has 10 nitrogen and oxygen atoms in total. The van der Waals surface area contributed by atoms with Crippen molar-refractivity contribution >= 4 is 24.1 Å². The number of morpholine rings is 1. The minimum Gasteiger partial charge on any atom is -0.379 e. The summed E-state index contributed by atoms with van der Waals surface area (Å²) in [4.78, 5) is 31.8. The molecule has 11 heteroatoms. The third kappa shape index (κ3) is 7.59. The van der Waals surface area contributed by atoms with Crippen molar-refractivity contribution in [1.82, 2.24) is 25.7 Å². The van der Waals surface area contributed by atoms with E-state index < -0.39 is 17.6 Å². The first-order valence-corrected chi connectivity index (χ1v) is 15.0. The summed E-state index contributed by atoms with van der Waals surface area (Å²) in [6.45, 7) is 8.24. The number of hydrogen-bond donors (Lipinski definition) is 3. The molecule has 1 saturated carbocycles. The lowest BCUT2D eigenvalue weighted by molar-refractivity contribution is -0.120. The second kappa shape index (κ2) is 14.2. The summed E-state index contributed by atoms with van der Waals surface area (Å²) in [5.74, 6) is 0.498. The van der Waals surface area contributed by atoms with E-state index >= 15 is 0 Å². The van der Waals surface area contributed by atoms with Crippen molar-refractivity contribution in [3.8, 4) is 0 Å². The fourth-order valence-corrected chi connectivity index (χ4v) is 6.46. The van der Waals surface area contributed by atoms with Gasteiger partial charge in [0.15, 0.2) is 5.60 Å². The number of hydrogen-bond acceptors (Lipinski definition) is 9. The van der Waals surface area contributed by atoms with E-state index in [1.54, 1.807) is 12.1 Å². The average Bonchev–Trinajstić information content (AvgIpc) is 3.43. The summed E-state index contributed by atoms with van der Waals surface area (Å²) in [6, 6.07) is 8.09. The molecule has 2 aliphatic rings. The zero-order valence-electron chi connectivity index (χ0n) is 22.9. The first kappa shape index (κ1) is 29.5. The highest BCUT2D eigenvalue weighted by atomic mass is 32.2. The normalized spacial score (nSPS) is 22.7. The summed E-state index contributed by atoms with van der Waals surface area (Å²) < 4.78 is 11.0. The number of aliphatic hydroxyl groups is 1. The average molecular weight is 560 g/mol. The van der Waals surface area contributed by atoms with Crippen LogP contribution in [0.4, 0.5) is 0 Å². The third-order valence-electron chi connectivity index (χ3n) is 7.69. The maximum atomic E-state index is 13.1. The van der Waals surface area contributed by atoms with E-state index in [1.807, 2.05) is 32.0 Å². The number of nitrogens with one attached hydrogen (secondary N) is 2. The minimum absolute atomic E-state index is 0.155. The lowest BCUT2D eigenvalue weighted by Gasteiger charge is -2.45. The number of thioether (sulfide) groups is 1. The van der Waals surface area contributed by atoms with Gasteiger partial charge in [0.1, 0.15) is 0 Å². The Morgan fingerprint density at radius 2 is 1.97 bits per heavy atom. The summed E-state index contributed by atoms with van der Waals surface area (Å²) in [5.41, 5.74) is -1.07. The van der Waals surface area contributed by atoms with Crippen LogP contribution >= 0.6 is 11.8 Å². The van der Waals surface area contributed by atoms with Crippen molar-refractivity contribution in [3.05, 3.63) is 41.7 Å². The van der Waals surface area contributed by atoms with Gasteiger partial charge in [0, 0.05) is 42.9 Å². The Morgan fingerprint density at radius 3 is 2.69 bits per heavy atom. The molecule has 214 valence electrons. The van der Waals surface area contributed by atoms with Crippen LogP contribution < -0.4 is 10.6 Å². The summed E-state index contributed by atoms with van der Waals surface area (Å²) >= 11 is 1.45. The first-order valence-electron chi connectivity index (χ1n) is 14.0. The van der Waals surface area contributed by atoms with Crippen molar-refractivity contribution in [3.63, 3.8) is 0 Å². The molecule has 2 amide bonds. The van der Waals surface area contributed by atoms with Crippen molar-refractivity contribution in [2.45, 2.75) is 68.9 Å². The SMILES string of the molecule is CC(C)CC(NC=O)C(O)(c1noc(SCCN2CCOCC2)n1)[C@@H]1CCCC[C@@H]1NC(=O)c1ccccc1. The summed E-state index contributed by atoms with van der Waals surface area (Å²) in [7, 11) is 0. The number of carbonyl (C=O) groups is 2. The molecule has 2 aromatic rings. The third-order valence-corrected chi connectivity index (χ3v) is 8.49. The molecule has 3 N–H and O–H groups in total. The molecule has 1 aliphatic heterocycles. The summed E-state index contributed by atoms with van der Waals surface area (Å²) in [6.07, 6.45) is 4.31. The fraction of sp³-hybridized carbons (Fsp3) is 0.643. The van der Waals surface area contributed by atoms with Crippen molar-refractivity contribution in [1.29, 1.82) is 0 Å². The van der Waals surface area contributed by atoms with E-state index in [4.69, 9.17) is 9.26 Å². The van der Waals surface area contributed by atoms with Crippen LogP contribution in [-0.2, 0) is 15.1 Å². The first-order chi connectivity index (χ1) is 18.9. The van der Waals surface area contributed by atoms with Crippen LogP contribution in [0.2, 0.25) is 0 Å². The Balaban J connectivity index is 1.58. The van der Waals surface area contributed by atoms with E-state index in [9.17, 15) is 14.7 Å². The Kier molecular flexibility index (Phi) is 10.8. The zero-order valence-corrected chi connectivity index (χ0v) is 23.7. The van der Waals surface area contributed by atoms with Crippen LogP contribution in [0.1, 0.15) is 62.1 Å². The highest BCUT2D eigenvalue weighted by Gasteiger charge is 2.52. The van der Waals surface area contributed by atoms with Crippen molar-refractivity contribution in [2.24, 2.45) is 11.8 Å². The van der Waals surface area contributed by atoms with Gasteiger partial charge in [0.05, 0.1) is 19.3 Å². The van der Waals surface area contributed by atoms with Crippen LogP contribution in [0, 0.1) is 11.8 Å². The summed E-state index contributed by atoms with van der Waals surface area (Å²) in [5, 5.41) is 23.2. The van der Waals surface area contributed by atoms with Gasteiger partial charge >= 0.3 is 0 Å². The zero-order chi connectivity index (χ0) is 27.7. The van der Waals surface area contributed by atoms with Gasteiger partial charge in [-0.25, -0.2) is 0 Å². The molecule has 4 rings (SSSR count). The van der Waals surface area contributed by atoms with Gasteiger partial charge in [-0.05, 0) is 37.3 Å². The molecule has 2 heterocycles. The smallest absolute Gasteiger partial charge is 0.285 e. The number of amides is 2. The van der Waals surface area contributed by atoms with E-state index in [0.717, 1.165) is 51.4 Å². The maximum Gasteiger partial charge on any atom is 0.285 e. The maximum absolute atomic E-state index is 13.1.